The molecular formula is C27H29NO7S. The fraction of sp³-hybridized carbons (Fsp3) is 0.370. The van der Waals surface area contributed by atoms with Gasteiger partial charge in [-0.1, -0.05) is 23.5 Å². The number of nitrogens with one attached hydrogen (secondary N) is 1. The van der Waals surface area contributed by atoms with E-state index in [-0.39, 0.29) is 28.9 Å². The lowest BCUT2D eigenvalue weighted by Gasteiger charge is -2.35. The zero-order valence-corrected chi connectivity index (χ0v) is 21.5. The van der Waals surface area contributed by atoms with Crippen LogP contribution in [0.25, 0.3) is 0 Å². The van der Waals surface area contributed by atoms with E-state index in [0.29, 0.717) is 47.1 Å². The summed E-state index contributed by atoms with van der Waals surface area (Å²) in [5, 5.41) is 9.74. The minimum absolute atomic E-state index is 0.0768. The molecule has 0 saturated carbocycles. The summed E-state index contributed by atoms with van der Waals surface area (Å²) < 4.78 is 17.4. The van der Waals surface area contributed by atoms with Crippen molar-refractivity contribution >= 4 is 23.1 Å². The third kappa shape index (κ3) is 5.96. The summed E-state index contributed by atoms with van der Waals surface area (Å²) in [6, 6.07) is 12.3. The van der Waals surface area contributed by atoms with Crippen molar-refractivity contribution in [3.8, 4) is 23.1 Å². The monoisotopic (exact) mass is 511 g/mol. The summed E-state index contributed by atoms with van der Waals surface area (Å²) >= 11 is 0.986. The molecule has 190 valence electrons. The molecule has 0 aliphatic carbocycles. The molecule has 1 aliphatic rings. The number of H-pyrrole nitrogens is 1. The standard InChI is InChI=1S/C27H29NO7S/c1-26(2,3)24(31)34-18-9-10-21-19(14-18)20(29)15-27(4,35-21)11-12-33-17-7-5-16(6-8-17)13-22-23(30)28-25(32)36-22/h5-10,14,30H,11-13,15H2,1-4H3,(H,28,32). The summed E-state index contributed by atoms with van der Waals surface area (Å²) in [6.45, 7) is 7.53. The molecule has 0 bridgehead atoms. The lowest BCUT2D eigenvalue weighted by Crippen LogP contribution is -2.40. The van der Waals surface area contributed by atoms with Crippen LogP contribution in [0.5, 0.6) is 23.1 Å². The first-order chi connectivity index (χ1) is 16.9. The zero-order valence-electron chi connectivity index (χ0n) is 20.7. The van der Waals surface area contributed by atoms with E-state index in [9.17, 15) is 19.5 Å². The molecule has 1 aromatic heterocycles. The molecule has 36 heavy (non-hydrogen) atoms. The number of Topliss-reactive ketones (excluding diaryl/α,β-unsaturated/α-hetero) is 1. The van der Waals surface area contributed by atoms with Gasteiger partial charge < -0.3 is 19.3 Å². The van der Waals surface area contributed by atoms with Crippen molar-refractivity contribution in [2.75, 3.05) is 6.61 Å². The second kappa shape index (κ2) is 9.81. The van der Waals surface area contributed by atoms with Crippen LogP contribution in [0.2, 0.25) is 0 Å². The molecule has 9 heteroatoms. The average Bonchev–Trinajstić information content (AvgIpc) is 3.11. The number of ether oxygens (including phenoxy) is 3. The van der Waals surface area contributed by atoms with E-state index in [1.54, 1.807) is 39.0 Å². The molecule has 0 radical (unpaired) electrons. The number of fused-ring (bicyclic) bond motifs is 1. The average molecular weight is 512 g/mol. The molecule has 0 spiro atoms. The highest BCUT2D eigenvalue weighted by atomic mass is 32.1. The van der Waals surface area contributed by atoms with Gasteiger partial charge in [0, 0.05) is 12.8 Å². The molecule has 1 unspecified atom stereocenters. The molecule has 2 N–H and O–H groups in total. The number of aromatic nitrogens is 1. The number of esters is 1. The van der Waals surface area contributed by atoms with Gasteiger partial charge in [0.25, 0.3) is 0 Å². The van der Waals surface area contributed by atoms with Gasteiger partial charge in [0.2, 0.25) is 5.88 Å². The van der Waals surface area contributed by atoms with Gasteiger partial charge in [-0.05, 0) is 63.6 Å². The van der Waals surface area contributed by atoms with Crippen molar-refractivity contribution in [2.24, 2.45) is 5.41 Å². The van der Waals surface area contributed by atoms with Gasteiger partial charge in [-0.25, -0.2) is 0 Å². The molecule has 0 amide bonds. The minimum atomic E-state index is -0.725. The highest BCUT2D eigenvalue weighted by Crippen LogP contribution is 2.37. The van der Waals surface area contributed by atoms with Gasteiger partial charge >= 0.3 is 10.8 Å². The number of hydrogen-bond acceptors (Lipinski definition) is 8. The number of benzene rings is 2. The second-order valence-electron chi connectivity index (χ2n) is 10.2. The van der Waals surface area contributed by atoms with Gasteiger partial charge in [-0.2, -0.15) is 0 Å². The van der Waals surface area contributed by atoms with Gasteiger partial charge in [0.05, 0.1) is 28.9 Å². The Bertz CT molecular complexity index is 1330. The van der Waals surface area contributed by atoms with Crippen molar-refractivity contribution in [3.05, 3.63) is 68.1 Å². The molecule has 0 fully saturated rings. The quantitative estimate of drug-likeness (QED) is 0.343. The Morgan fingerprint density at radius 1 is 1.14 bits per heavy atom. The third-order valence-corrected chi connectivity index (χ3v) is 6.72. The SMILES string of the molecule is CC1(CCOc2ccc(Cc3sc(=O)[nH]c3O)cc2)CC(=O)c2cc(OC(=O)C(C)(C)C)ccc2O1. The molecule has 4 rings (SSSR count). The summed E-state index contributed by atoms with van der Waals surface area (Å²) in [5.41, 5.74) is -0.0356. The second-order valence-corrected chi connectivity index (χ2v) is 11.2. The third-order valence-electron chi connectivity index (χ3n) is 5.85. The van der Waals surface area contributed by atoms with Crippen LogP contribution in [0.3, 0.4) is 0 Å². The maximum absolute atomic E-state index is 12.9. The molecule has 0 saturated heterocycles. The van der Waals surface area contributed by atoms with Crippen molar-refractivity contribution in [1.82, 2.24) is 4.98 Å². The van der Waals surface area contributed by atoms with Gasteiger partial charge in [0.1, 0.15) is 22.8 Å². The largest absolute Gasteiger partial charge is 0.494 e. The lowest BCUT2D eigenvalue weighted by atomic mass is 9.89. The van der Waals surface area contributed by atoms with E-state index in [1.165, 1.54) is 0 Å². The summed E-state index contributed by atoms with van der Waals surface area (Å²) in [4.78, 5) is 39.0. The van der Waals surface area contributed by atoms with Crippen LogP contribution in [-0.4, -0.2) is 34.1 Å². The van der Waals surface area contributed by atoms with Crippen LogP contribution in [0, 0.1) is 5.41 Å². The Balaban J connectivity index is 1.33. The van der Waals surface area contributed by atoms with Gasteiger partial charge in [-0.3, -0.25) is 19.4 Å². The number of ketones is 1. The van der Waals surface area contributed by atoms with Crippen molar-refractivity contribution in [1.29, 1.82) is 0 Å². The Labute approximate surface area is 212 Å². The topological polar surface area (TPSA) is 115 Å². The van der Waals surface area contributed by atoms with Crippen molar-refractivity contribution in [2.45, 2.75) is 52.6 Å². The predicted octanol–water partition coefficient (Wildman–Crippen LogP) is 4.88. The predicted molar refractivity (Wildman–Crippen MR) is 135 cm³/mol. The fourth-order valence-corrected chi connectivity index (χ4v) is 4.52. The Hall–Kier alpha value is -3.59. The van der Waals surface area contributed by atoms with Gasteiger partial charge in [-0.15, -0.1) is 0 Å². The minimum Gasteiger partial charge on any atom is -0.494 e. The van der Waals surface area contributed by atoms with Crippen LogP contribution in [0.4, 0.5) is 0 Å². The number of rotatable bonds is 7. The van der Waals surface area contributed by atoms with Crippen LogP contribution < -0.4 is 19.1 Å². The Kier molecular flexibility index (Phi) is 6.95. The molecular weight excluding hydrogens is 482 g/mol. The summed E-state index contributed by atoms with van der Waals surface area (Å²) in [7, 11) is 0. The van der Waals surface area contributed by atoms with E-state index in [0.717, 1.165) is 16.9 Å². The highest BCUT2D eigenvalue weighted by molar-refractivity contribution is 7.09. The highest BCUT2D eigenvalue weighted by Gasteiger charge is 2.37. The Morgan fingerprint density at radius 2 is 1.83 bits per heavy atom. The number of carbonyl (C=O) groups excluding carboxylic acids is 2. The number of hydrogen-bond donors (Lipinski definition) is 2. The molecule has 3 aromatic rings. The van der Waals surface area contributed by atoms with Crippen LogP contribution in [0.1, 0.15) is 61.3 Å². The maximum atomic E-state index is 12.9. The van der Waals surface area contributed by atoms with Gasteiger partial charge in [0.15, 0.2) is 5.78 Å². The number of aromatic hydroxyl groups is 1. The van der Waals surface area contributed by atoms with E-state index in [4.69, 9.17) is 14.2 Å². The number of thiazole rings is 1. The van der Waals surface area contributed by atoms with E-state index >= 15 is 0 Å². The van der Waals surface area contributed by atoms with E-state index in [2.05, 4.69) is 4.98 Å². The molecule has 2 heterocycles. The first kappa shape index (κ1) is 25.5. The fourth-order valence-electron chi connectivity index (χ4n) is 3.76. The van der Waals surface area contributed by atoms with Crippen LogP contribution >= 0.6 is 11.3 Å². The normalized spacial score (nSPS) is 17.3. The Morgan fingerprint density at radius 3 is 2.47 bits per heavy atom. The summed E-state index contributed by atoms with van der Waals surface area (Å²) in [6.07, 6.45) is 1.12. The van der Waals surface area contributed by atoms with E-state index in [1.807, 2.05) is 31.2 Å². The lowest BCUT2D eigenvalue weighted by molar-refractivity contribution is -0.143. The van der Waals surface area contributed by atoms with Crippen molar-refractivity contribution in [3.63, 3.8) is 0 Å². The van der Waals surface area contributed by atoms with Crippen molar-refractivity contribution < 1.29 is 28.9 Å². The molecule has 2 aromatic carbocycles. The molecule has 1 atom stereocenters. The molecule has 1 aliphatic heterocycles. The van der Waals surface area contributed by atoms with E-state index < -0.39 is 11.0 Å². The molecule has 8 nitrogen and oxygen atoms in total. The first-order valence-corrected chi connectivity index (χ1v) is 12.4. The maximum Gasteiger partial charge on any atom is 0.316 e. The first-order valence-electron chi connectivity index (χ1n) is 11.6. The summed E-state index contributed by atoms with van der Waals surface area (Å²) in [5.74, 6) is 0.908. The van der Waals surface area contributed by atoms with Crippen LogP contribution in [0.15, 0.2) is 47.3 Å². The zero-order chi connectivity index (χ0) is 26.1. The van der Waals surface area contributed by atoms with Crippen LogP contribution in [-0.2, 0) is 11.2 Å². The number of carbonyl (C=O) groups is 2. The number of aromatic amines is 1. The smallest absolute Gasteiger partial charge is 0.316 e.